The summed E-state index contributed by atoms with van der Waals surface area (Å²) in [5.41, 5.74) is 0.694. The molecule has 2 heterocycles. The van der Waals surface area contributed by atoms with Gasteiger partial charge in [-0.25, -0.2) is 0 Å². The molecule has 0 spiro atoms. The van der Waals surface area contributed by atoms with Crippen LogP contribution in [0.25, 0.3) is 0 Å². The summed E-state index contributed by atoms with van der Waals surface area (Å²) in [6.45, 7) is 7.40. The molecule has 1 fully saturated rings. The summed E-state index contributed by atoms with van der Waals surface area (Å²) in [7, 11) is 2.17. The zero-order chi connectivity index (χ0) is 18.4. The van der Waals surface area contributed by atoms with Crippen LogP contribution >= 0.6 is 11.3 Å². The number of hydrogen-bond acceptors (Lipinski definition) is 6. The minimum Gasteiger partial charge on any atom is -0.504 e. The van der Waals surface area contributed by atoms with Gasteiger partial charge in [-0.2, -0.15) is 0 Å². The van der Waals surface area contributed by atoms with Crippen molar-refractivity contribution >= 4 is 17.6 Å². The van der Waals surface area contributed by atoms with E-state index < -0.39 is 0 Å². The van der Waals surface area contributed by atoms with E-state index in [-0.39, 0.29) is 11.8 Å². The maximum atomic E-state index is 10.3. The van der Waals surface area contributed by atoms with Gasteiger partial charge in [0.05, 0.1) is 19.2 Å². The van der Waals surface area contributed by atoms with Gasteiger partial charge in [-0.15, -0.1) is 11.3 Å². The summed E-state index contributed by atoms with van der Waals surface area (Å²) in [5.74, 6) is 0.663. The van der Waals surface area contributed by atoms with Crippen LogP contribution in [0.1, 0.15) is 23.4 Å². The molecule has 1 N–H and O–H groups in total. The summed E-state index contributed by atoms with van der Waals surface area (Å²) in [6, 6.07) is 10.1. The number of piperazine rings is 1. The fourth-order valence-electron chi connectivity index (χ4n) is 3.17. The Balaban J connectivity index is 1.72. The minimum absolute atomic E-state index is 0.158. The molecule has 0 radical (unpaired) electrons. The van der Waals surface area contributed by atoms with Crippen molar-refractivity contribution in [1.82, 2.24) is 9.80 Å². The highest BCUT2D eigenvalue weighted by atomic mass is 32.1. The molecule has 5 nitrogen and oxygen atoms in total. The third kappa shape index (κ3) is 4.63. The van der Waals surface area contributed by atoms with E-state index in [2.05, 4.69) is 39.4 Å². The van der Waals surface area contributed by atoms with Gasteiger partial charge < -0.3 is 14.7 Å². The number of phenolic OH excluding ortho intramolecular Hbond substituents is 1. The predicted octanol–water partition coefficient (Wildman–Crippen LogP) is 3.26. The molecule has 1 atom stereocenters. The van der Waals surface area contributed by atoms with E-state index in [1.807, 2.05) is 19.1 Å². The number of hydrogen-bond donors (Lipinski definition) is 1. The number of likely N-dealkylation sites (N-methyl/N-ethyl adjacent to an activating group) is 1. The van der Waals surface area contributed by atoms with E-state index in [0.29, 0.717) is 24.5 Å². The van der Waals surface area contributed by atoms with Gasteiger partial charge in [-0.1, -0.05) is 12.1 Å². The Kier molecular flexibility index (Phi) is 6.66. The highest BCUT2D eigenvalue weighted by Gasteiger charge is 2.24. The average Bonchev–Trinajstić information content (AvgIpc) is 3.17. The first-order valence-corrected chi connectivity index (χ1v) is 9.97. The maximum absolute atomic E-state index is 10.3. The smallest absolute Gasteiger partial charge is 0.166 e. The van der Waals surface area contributed by atoms with Crippen molar-refractivity contribution < 1.29 is 9.84 Å². The van der Waals surface area contributed by atoms with Crippen molar-refractivity contribution in [3.05, 3.63) is 46.2 Å². The molecule has 0 saturated carbocycles. The van der Waals surface area contributed by atoms with Crippen molar-refractivity contribution in [2.24, 2.45) is 4.99 Å². The summed E-state index contributed by atoms with van der Waals surface area (Å²) in [4.78, 5) is 10.9. The third-order valence-corrected chi connectivity index (χ3v) is 5.66. The highest BCUT2D eigenvalue weighted by Crippen LogP contribution is 2.29. The predicted molar refractivity (Wildman–Crippen MR) is 108 cm³/mol. The Morgan fingerprint density at radius 1 is 1.23 bits per heavy atom. The Labute approximate surface area is 159 Å². The lowest BCUT2D eigenvalue weighted by molar-refractivity contribution is 0.116. The van der Waals surface area contributed by atoms with Crippen molar-refractivity contribution in [2.75, 3.05) is 46.4 Å². The van der Waals surface area contributed by atoms with Crippen molar-refractivity contribution in [1.29, 1.82) is 0 Å². The maximum Gasteiger partial charge on any atom is 0.166 e. The van der Waals surface area contributed by atoms with Crippen LogP contribution in [0.2, 0.25) is 0 Å². The molecule has 26 heavy (non-hydrogen) atoms. The SMILES string of the molecule is CCOc1cccc(C=NC[C@H](c2cccs2)N2CCN(C)CC2)c1O. The summed E-state index contributed by atoms with van der Waals surface area (Å²) < 4.78 is 5.45. The lowest BCUT2D eigenvalue weighted by Gasteiger charge is -2.37. The fraction of sp³-hybridized carbons (Fsp3) is 0.450. The van der Waals surface area contributed by atoms with Crippen LogP contribution in [0.3, 0.4) is 0 Å². The Morgan fingerprint density at radius 2 is 2.04 bits per heavy atom. The van der Waals surface area contributed by atoms with Crippen molar-refractivity contribution in [2.45, 2.75) is 13.0 Å². The second-order valence-electron chi connectivity index (χ2n) is 6.49. The van der Waals surface area contributed by atoms with Crippen LogP contribution in [0.15, 0.2) is 40.7 Å². The fourth-order valence-corrected chi connectivity index (χ4v) is 4.02. The Hall–Kier alpha value is -1.89. The number of thiophene rings is 1. The summed E-state index contributed by atoms with van der Waals surface area (Å²) in [5, 5.41) is 12.4. The molecule has 1 aliphatic rings. The van der Waals surface area contributed by atoms with E-state index >= 15 is 0 Å². The second-order valence-corrected chi connectivity index (χ2v) is 7.47. The number of ether oxygens (including phenoxy) is 1. The molecule has 0 aliphatic carbocycles. The number of aliphatic imine (C=N–C) groups is 1. The molecule has 0 amide bonds. The van der Waals surface area contributed by atoms with E-state index in [9.17, 15) is 5.11 Å². The van der Waals surface area contributed by atoms with Crippen molar-refractivity contribution in [3.8, 4) is 11.5 Å². The monoisotopic (exact) mass is 373 g/mol. The first-order chi connectivity index (χ1) is 12.7. The number of nitrogens with zero attached hydrogens (tertiary/aromatic N) is 3. The minimum atomic E-state index is 0.158. The van der Waals surface area contributed by atoms with Gasteiger partial charge in [0.2, 0.25) is 0 Å². The molecule has 140 valence electrons. The van der Waals surface area contributed by atoms with Crippen LogP contribution < -0.4 is 4.74 Å². The van der Waals surface area contributed by atoms with Gasteiger partial charge in [0, 0.05) is 42.8 Å². The van der Waals surface area contributed by atoms with E-state index in [1.165, 1.54) is 4.88 Å². The second kappa shape index (κ2) is 9.16. The molecule has 6 heteroatoms. The van der Waals surface area contributed by atoms with Gasteiger partial charge >= 0.3 is 0 Å². The molecule has 2 aromatic rings. The Morgan fingerprint density at radius 3 is 2.73 bits per heavy atom. The lowest BCUT2D eigenvalue weighted by atomic mass is 10.1. The zero-order valence-electron chi connectivity index (χ0n) is 15.5. The van der Waals surface area contributed by atoms with E-state index in [1.54, 1.807) is 23.6 Å². The Bertz CT molecular complexity index is 710. The van der Waals surface area contributed by atoms with Gasteiger partial charge in [-0.05, 0) is 37.6 Å². The quantitative estimate of drug-likeness (QED) is 0.757. The average molecular weight is 374 g/mol. The number of aromatic hydroxyl groups is 1. The first kappa shape index (κ1) is 18.9. The normalized spacial score (nSPS) is 17.6. The van der Waals surface area contributed by atoms with Crippen LogP contribution in [0.4, 0.5) is 0 Å². The number of para-hydroxylation sites is 1. The number of rotatable bonds is 7. The molecule has 1 saturated heterocycles. The summed E-state index contributed by atoms with van der Waals surface area (Å²) in [6.07, 6.45) is 1.76. The molecule has 3 rings (SSSR count). The van der Waals surface area contributed by atoms with Crippen LogP contribution in [0.5, 0.6) is 11.5 Å². The third-order valence-electron chi connectivity index (χ3n) is 4.69. The topological polar surface area (TPSA) is 48.3 Å². The molecular weight excluding hydrogens is 346 g/mol. The van der Waals surface area contributed by atoms with Gasteiger partial charge in [0.15, 0.2) is 11.5 Å². The molecule has 1 aromatic heterocycles. The van der Waals surface area contributed by atoms with Gasteiger partial charge in [-0.3, -0.25) is 9.89 Å². The van der Waals surface area contributed by atoms with Gasteiger partial charge in [0.25, 0.3) is 0 Å². The standard InChI is InChI=1S/C20H27N3O2S/c1-3-25-18-7-4-6-16(20(18)24)14-21-15-17(19-8-5-13-26-19)23-11-9-22(2)10-12-23/h4-8,13-14,17,24H,3,9-12,15H2,1-2H3/t17-/m1/s1. The highest BCUT2D eigenvalue weighted by molar-refractivity contribution is 7.10. The molecule has 0 bridgehead atoms. The molecular formula is C20H27N3O2S. The first-order valence-electron chi connectivity index (χ1n) is 9.09. The van der Waals surface area contributed by atoms with Crippen LogP contribution in [0, 0.1) is 0 Å². The number of benzene rings is 1. The largest absolute Gasteiger partial charge is 0.504 e. The van der Waals surface area contributed by atoms with Gasteiger partial charge in [0.1, 0.15) is 0 Å². The lowest BCUT2D eigenvalue weighted by Crippen LogP contribution is -2.46. The molecule has 1 aromatic carbocycles. The van der Waals surface area contributed by atoms with Crippen molar-refractivity contribution in [3.63, 3.8) is 0 Å². The van der Waals surface area contributed by atoms with E-state index in [4.69, 9.17) is 4.74 Å². The number of phenols is 1. The summed E-state index contributed by atoms with van der Waals surface area (Å²) >= 11 is 1.79. The van der Waals surface area contributed by atoms with Crippen LogP contribution in [-0.2, 0) is 0 Å². The zero-order valence-corrected chi connectivity index (χ0v) is 16.3. The van der Waals surface area contributed by atoms with E-state index in [0.717, 1.165) is 26.2 Å². The van der Waals surface area contributed by atoms with Crippen LogP contribution in [-0.4, -0.2) is 67.5 Å². The molecule has 1 aliphatic heterocycles. The molecule has 0 unspecified atom stereocenters.